The average molecular weight is 253 g/mol. The minimum Gasteiger partial charge on any atom is -0.473 e. The molecule has 0 unspecified atom stereocenters. The van der Waals surface area contributed by atoms with Gasteiger partial charge in [-0.2, -0.15) is 0 Å². The number of hydrogen-bond acceptors (Lipinski definition) is 5. The van der Waals surface area contributed by atoms with Gasteiger partial charge in [-0.15, -0.1) is 5.10 Å². The van der Waals surface area contributed by atoms with Crippen molar-refractivity contribution in [3.63, 3.8) is 0 Å². The Morgan fingerprint density at radius 2 is 2.05 bits per heavy atom. The van der Waals surface area contributed by atoms with Crippen molar-refractivity contribution in [2.75, 3.05) is 0 Å². The van der Waals surface area contributed by atoms with Gasteiger partial charge in [0.1, 0.15) is 6.61 Å². The standard InChI is InChI=1S/C13H11N5O/c1-2-6-14-13(3-1)19-10-11-4-5-12(15-9-11)18-8-7-16-17-18/h1-9H,10H2. The summed E-state index contributed by atoms with van der Waals surface area (Å²) in [5.74, 6) is 1.32. The molecule has 6 nitrogen and oxygen atoms in total. The van der Waals surface area contributed by atoms with Crippen LogP contribution in [0, 0.1) is 0 Å². The second-order valence-corrected chi connectivity index (χ2v) is 3.83. The van der Waals surface area contributed by atoms with Gasteiger partial charge in [-0.25, -0.2) is 14.6 Å². The predicted molar refractivity (Wildman–Crippen MR) is 67.7 cm³/mol. The summed E-state index contributed by atoms with van der Waals surface area (Å²) in [5, 5.41) is 7.61. The molecule has 3 heterocycles. The lowest BCUT2D eigenvalue weighted by Crippen LogP contribution is -2.01. The number of aromatic nitrogens is 5. The summed E-state index contributed by atoms with van der Waals surface area (Å²) < 4.78 is 7.14. The minimum absolute atomic E-state index is 0.432. The van der Waals surface area contributed by atoms with Gasteiger partial charge in [0.05, 0.1) is 12.4 Å². The highest BCUT2D eigenvalue weighted by Gasteiger charge is 2.00. The molecule has 3 aromatic rings. The van der Waals surface area contributed by atoms with Gasteiger partial charge < -0.3 is 4.74 Å². The predicted octanol–water partition coefficient (Wildman–Crippen LogP) is 1.64. The zero-order valence-corrected chi connectivity index (χ0v) is 10.0. The van der Waals surface area contributed by atoms with Crippen LogP contribution in [-0.2, 0) is 6.61 Å². The average Bonchev–Trinajstić information content (AvgIpc) is 3.01. The first-order valence-electron chi connectivity index (χ1n) is 5.77. The van der Waals surface area contributed by atoms with Crippen molar-refractivity contribution in [3.05, 3.63) is 60.7 Å². The molecular formula is C13H11N5O. The smallest absolute Gasteiger partial charge is 0.213 e. The Labute approximate surface area is 109 Å². The lowest BCUT2D eigenvalue weighted by Gasteiger charge is -2.05. The van der Waals surface area contributed by atoms with Crippen LogP contribution >= 0.6 is 0 Å². The van der Waals surface area contributed by atoms with Crippen molar-refractivity contribution in [1.29, 1.82) is 0 Å². The molecule has 0 fully saturated rings. The van der Waals surface area contributed by atoms with E-state index in [0.29, 0.717) is 12.5 Å². The zero-order chi connectivity index (χ0) is 12.9. The van der Waals surface area contributed by atoms with Gasteiger partial charge >= 0.3 is 0 Å². The molecule has 0 aliphatic heterocycles. The van der Waals surface area contributed by atoms with Crippen LogP contribution in [0.25, 0.3) is 5.82 Å². The number of ether oxygens (including phenoxy) is 1. The fourth-order valence-electron chi connectivity index (χ4n) is 1.56. The van der Waals surface area contributed by atoms with E-state index >= 15 is 0 Å². The van der Waals surface area contributed by atoms with Crippen LogP contribution in [0.3, 0.4) is 0 Å². The summed E-state index contributed by atoms with van der Waals surface area (Å²) in [6.07, 6.45) is 6.80. The van der Waals surface area contributed by atoms with E-state index in [4.69, 9.17) is 4.74 Å². The summed E-state index contributed by atoms with van der Waals surface area (Å²) in [7, 11) is 0. The van der Waals surface area contributed by atoms with Gasteiger partial charge in [0.15, 0.2) is 5.82 Å². The van der Waals surface area contributed by atoms with E-state index in [1.807, 2.05) is 30.3 Å². The molecule has 0 atom stereocenters. The maximum Gasteiger partial charge on any atom is 0.213 e. The Kier molecular flexibility index (Phi) is 3.14. The molecule has 0 spiro atoms. The van der Waals surface area contributed by atoms with Crippen molar-refractivity contribution in [1.82, 2.24) is 25.0 Å². The molecular weight excluding hydrogens is 242 g/mol. The lowest BCUT2D eigenvalue weighted by atomic mass is 10.3. The van der Waals surface area contributed by atoms with Gasteiger partial charge in [-0.05, 0) is 12.1 Å². The number of nitrogens with zero attached hydrogens (tertiary/aromatic N) is 5. The summed E-state index contributed by atoms with van der Waals surface area (Å²) in [6.45, 7) is 0.432. The van der Waals surface area contributed by atoms with Crippen molar-refractivity contribution in [2.45, 2.75) is 6.61 Å². The van der Waals surface area contributed by atoms with Crippen LogP contribution in [0.4, 0.5) is 0 Å². The fraction of sp³-hybridized carbons (Fsp3) is 0.0769. The summed E-state index contributed by atoms with van der Waals surface area (Å²) >= 11 is 0. The van der Waals surface area contributed by atoms with E-state index in [2.05, 4.69) is 20.3 Å². The van der Waals surface area contributed by atoms with Gasteiger partial charge in [0.25, 0.3) is 0 Å². The van der Waals surface area contributed by atoms with Gasteiger partial charge in [0.2, 0.25) is 5.88 Å². The third-order valence-electron chi connectivity index (χ3n) is 2.49. The molecule has 3 rings (SSSR count). The zero-order valence-electron chi connectivity index (χ0n) is 10.0. The maximum atomic E-state index is 5.54. The molecule has 0 amide bonds. The summed E-state index contributed by atoms with van der Waals surface area (Å²) in [6, 6.07) is 9.35. The molecule has 0 aromatic carbocycles. The van der Waals surface area contributed by atoms with Gasteiger partial charge in [-0.3, -0.25) is 0 Å². The maximum absolute atomic E-state index is 5.54. The Morgan fingerprint density at radius 3 is 2.74 bits per heavy atom. The largest absolute Gasteiger partial charge is 0.473 e. The monoisotopic (exact) mass is 253 g/mol. The minimum atomic E-state index is 0.432. The highest BCUT2D eigenvalue weighted by molar-refractivity contribution is 5.24. The quantitative estimate of drug-likeness (QED) is 0.707. The second kappa shape index (κ2) is 5.26. The van der Waals surface area contributed by atoms with Crippen LogP contribution in [0.2, 0.25) is 0 Å². The van der Waals surface area contributed by atoms with E-state index in [0.717, 1.165) is 11.4 Å². The van der Waals surface area contributed by atoms with E-state index < -0.39 is 0 Å². The first-order valence-corrected chi connectivity index (χ1v) is 5.77. The highest BCUT2D eigenvalue weighted by Crippen LogP contribution is 2.09. The normalized spacial score (nSPS) is 10.3. The lowest BCUT2D eigenvalue weighted by molar-refractivity contribution is 0.293. The molecule has 0 N–H and O–H groups in total. The van der Waals surface area contributed by atoms with Gasteiger partial charge in [0, 0.05) is 24.0 Å². The van der Waals surface area contributed by atoms with E-state index in [-0.39, 0.29) is 0 Å². The van der Waals surface area contributed by atoms with Crippen molar-refractivity contribution in [3.8, 4) is 11.7 Å². The van der Waals surface area contributed by atoms with Gasteiger partial charge in [-0.1, -0.05) is 17.3 Å². The van der Waals surface area contributed by atoms with Crippen LogP contribution in [0.1, 0.15) is 5.56 Å². The molecule has 3 aromatic heterocycles. The van der Waals surface area contributed by atoms with Crippen molar-refractivity contribution >= 4 is 0 Å². The number of hydrogen-bond donors (Lipinski definition) is 0. The molecule has 0 aliphatic rings. The molecule has 0 bridgehead atoms. The Hall–Kier alpha value is -2.76. The van der Waals surface area contributed by atoms with Crippen LogP contribution < -0.4 is 4.74 Å². The first-order chi connectivity index (χ1) is 9.42. The first kappa shape index (κ1) is 11.3. The Morgan fingerprint density at radius 1 is 1.05 bits per heavy atom. The second-order valence-electron chi connectivity index (χ2n) is 3.83. The van der Waals surface area contributed by atoms with E-state index in [9.17, 15) is 0 Å². The SMILES string of the molecule is c1ccc(OCc2ccc(-n3ccnn3)nc2)nc1. The molecule has 0 aliphatic carbocycles. The van der Waals surface area contributed by atoms with Crippen molar-refractivity contribution < 1.29 is 4.74 Å². The molecule has 94 valence electrons. The summed E-state index contributed by atoms with van der Waals surface area (Å²) in [4.78, 5) is 8.38. The molecule has 6 heteroatoms. The van der Waals surface area contributed by atoms with Crippen LogP contribution in [0.5, 0.6) is 5.88 Å². The van der Waals surface area contributed by atoms with Crippen LogP contribution in [-0.4, -0.2) is 25.0 Å². The van der Waals surface area contributed by atoms with E-state index in [1.54, 1.807) is 29.5 Å². The van der Waals surface area contributed by atoms with E-state index in [1.165, 1.54) is 0 Å². The molecule has 0 saturated heterocycles. The topological polar surface area (TPSA) is 65.7 Å². The van der Waals surface area contributed by atoms with Crippen molar-refractivity contribution in [2.24, 2.45) is 0 Å². The number of pyridine rings is 2. The molecule has 0 saturated carbocycles. The third kappa shape index (κ3) is 2.74. The summed E-state index contributed by atoms with van der Waals surface area (Å²) in [5.41, 5.74) is 0.967. The van der Waals surface area contributed by atoms with Crippen LogP contribution in [0.15, 0.2) is 55.1 Å². The molecule has 19 heavy (non-hydrogen) atoms. The number of rotatable bonds is 4. The Balaban J connectivity index is 1.67. The fourth-order valence-corrected chi connectivity index (χ4v) is 1.56. The third-order valence-corrected chi connectivity index (χ3v) is 2.49. The molecule has 0 radical (unpaired) electrons. The Bertz CT molecular complexity index is 622. The highest BCUT2D eigenvalue weighted by atomic mass is 16.5.